The van der Waals surface area contributed by atoms with Gasteiger partial charge in [-0.15, -0.1) is 22.7 Å². The highest BCUT2D eigenvalue weighted by Crippen LogP contribution is 2.34. The number of amides is 1. The van der Waals surface area contributed by atoms with Crippen LogP contribution in [0.1, 0.15) is 14.5 Å². The number of halogens is 2. The monoisotopic (exact) mass is 340 g/mol. The Kier molecular flexibility index (Phi) is 3.84. The molecule has 0 spiro atoms. The summed E-state index contributed by atoms with van der Waals surface area (Å²) in [5, 5.41) is 3.37. The van der Waals surface area contributed by atoms with Gasteiger partial charge >= 0.3 is 0 Å². The number of nitrogens with one attached hydrogen (secondary N) is 1. The smallest absolute Gasteiger partial charge is 0.263 e. The summed E-state index contributed by atoms with van der Waals surface area (Å²) < 4.78 is 14.7. The molecule has 0 radical (unpaired) electrons. The summed E-state index contributed by atoms with van der Waals surface area (Å²) in [7, 11) is 0. The van der Waals surface area contributed by atoms with Crippen LogP contribution in [0.25, 0.3) is 10.1 Å². The molecule has 3 aromatic rings. The molecular weight excluding hydrogens is 331 g/mol. The van der Waals surface area contributed by atoms with Crippen molar-refractivity contribution in [2.24, 2.45) is 0 Å². The summed E-state index contributed by atoms with van der Waals surface area (Å²) in [6.07, 6.45) is 0. The van der Waals surface area contributed by atoms with Crippen molar-refractivity contribution in [3.63, 3.8) is 0 Å². The minimum Gasteiger partial charge on any atom is -0.397 e. The number of benzene rings is 1. The lowest BCUT2D eigenvalue weighted by molar-refractivity contribution is 0.0956. The van der Waals surface area contributed by atoms with Gasteiger partial charge in [0.2, 0.25) is 0 Å². The molecule has 3 rings (SSSR count). The molecule has 0 saturated carbocycles. The van der Waals surface area contributed by atoms with Crippen molar-refractivity contribution in [3.05, 3.63) is 50.2 Å². The lowest BCUT2D eigenvalue weighted by Crippen LogP contribution is -2.22. The predicted molar refractivity (Wildman–Crippen MR) is 86.7 cm³/mol. The van der Waals surface area contributed by atoms with E-state index in [1.54, 1.807) is 12.1 Å². The van der Waals surface area contributed by atoms with Gasteiger partial charge in [0, 0.05) is 15.0 Å². The molecule has 0 saturated heterocycles. The zero-order chi connectivity index (χ0) is 15.0. The van der Waals surface area contributed by atoms with Crippen LogP contribution in [-0.4, -0.2) is 5.91 Å². The van der Waals surface area contributed by atoms with Gasteiger partial charge in [-0.25, -0.2) is 4.39 Å². The van der Waals surface area contributed by atoms with Gasteiger partial charge in [0.1, 0.15) is 10.7 Å². The zero-order valence-electron chi connectivity index (χ0n) is 10.7. The number of anilines is 1. The van der Waals surface area contributed by atoms with Crippen molar-refractivity contribution in [3.8, 4) is 0 Å². The average molecular weight is 341 g/mol. The number of hydrogen-bond acceptors (Lipinski definition) is 4. The Labute approximate surface area is 133 Å². The molecule has 0 unspecified atom stereocenters. The maximum Gasteiger partial charge on any atom is 0.263 e. The summed E-state index contributed by atoms with van der Waals surface area (Å²) >= 11 is 8.50. The van der Waals surface area contributed by atoms with Crippen LogP contribution in [0.5, 0.6) is 0 Å². The first-order valence-corrected chi connectivity index (χ1v) is 8.05. The van der Waals surface area contributed by atoms with E-state index in [0.717, 1.165) is 9.58 Å². The first-order chi connectivity index (χ1) is 10.0. The lowest BCUT2D eigenvalue weighted by atomic mass is 10.2. The second kappa shape index (κ2) is 5.63. The largest absolute Gasteiger partial charge is 0.397 e. The highest BCUT2D eigenvalue weighted by molar-refractivity contribution is 7.21. The highest BCUT2D eigenvalue weighted by Gasteiger charge is 2.16. The van der Waals surface area contributed by atoms with E-state index in [-0.39, 0.29) is 11.7 Å². The second-order valence-electron chi connectivity index (χ2n) is 4.37. The molecule has 0 fully saturated rings. The van der Waals surface area contributed by atoms with Crippen molar-refractivity contribution in [1.29, 1.82) is 0 Å². The van der Waals surface area contributed by atoms with E-state index < -0.39 is 0 Å². The fourth-order valence-electron chi connectivity index (χ4n) is 1.95. The number of carbonyl (C=O) groups excluding carboxylic acids is 1. The third-order valence-corrected chi connectivity index (χ3v) is 5.36. The van der Waals surface area contributed by atoms with Crippen LogP contribution in [0.4, 0.5) is 10.1 Å². The van der Waals surface area contributed by atoms with Gasteiger partial charge in [0.15, 0.2) is 0 Å². The number of rotatable bonds is 3. The molecule has 0 bridgehead atoms. The normalized spacial score (nSPS) is 11.0. The molecule has 2 aromatic heterocycles. The standard InChI is InChI=1S/C14H10ClFN2OS2/c15-11-4-2-8(20-11)6-18-14(19)13-12(17)9-5-7(16)1-3-10(9)21-13/h1-5H,6,17H2,(H,18,19). The lowest BCUT2D eigenvalue weighted by Gasteiger charge is -2.02. The van der Waals surface area contributed by atoms with E-state index in [0.29, 0.717) is 26.8 Å². The number of hydrogen-bond donors (Lipinski definition) is 2. The third kappa shape index (κ3) is 2.88. The third-order valence-electron chi connectivity index (χ3n) is 2.95. The number of fused-ring (bicyclic) bond motifs is 1. The Hall–Kier alpha value is -1.63. The number of thiophene rings is 2. The van der Waals surface area contributed by atoms with Crippen LogP contribution >= 0.6 is 34.3 Å². The van der Waals surface area contributed by atoms with E-state index in [1.165, 1.54) is 34.8 Å². The topological polar surface area (TPSA) is 55.1 Å². The first-order valence-electron chi connectivity index (χ1n) is 6.04. The Morgan fingerprint density at radius 3 is 2.81 bits per heavy atom. The maximum absolute atomic E-state index is 13.2. The van der Waals surface area contributed by atoms with Crippen molar-refractivity contribution in [1.82, 2.24) is 5.32 Å². The van der Waals surface area contributed by atoms with Gasteiger partial charge < -0.3 is 11.1 Å². The Balaban J connectivity index is 1.82. The summed E-state index contributed by atoms with van der Waals surface area (Å²) in [6, 6.07) is 7.97. The van der Waals surface area contributed by atoms with E-state index in [9.17, 15) is 9.18 Å². The SMILES string of the molecule is Nc1c(C(=O)NCc2ccc(Cl)s2)sc2ccc(F)cc12. The zero-order valence-corrected chi connectivity index (χ0v) is 13.0. The molecule has 1 amide bonds. The Bertz CT molecular complexity index is 828. The van der Waals surface area contributed by atoms with Crippen molar-refractivity contribution >= 4 is 56.0 Å². The summed E-state index contributed by atoms with van der Waals surface area (Å²) in [4.78, 5) is 13.6. The molecule has 1 aromatic carbocycles. The van der Waals surface area contributed by atoms with Gasteiger partial charge in [-0.2, -0.15) is 0 Å². The Morgan fingerprint density at radius 1 is 1.29 bits per heavy atom. The van der Waals surface area contributed by atoms with Crippen LogP contribution in [-0.2, 0) is 6.54 Å². The van der Waals surface area contributed by atoms with Gasteiger partial charge in [-0.1, -0.05) is 11.6 Å². The predicted octanol–water partition coefficient (Wildman–Crippen LogP) is 4.27. The van der Waals surface area contributed by atoms with Gasteiger partial charge in [-0.05, 0) is 30.3 Å². The second-order valence-corrected chi connectivity index (χ2v) is 7.23. The number of nitrogen functional groups attached to an aromatic ring is 1. The summed E-state index contributed by atoms with van der Waals surface area (Å²) in [6.45, 7) is 0.387. The Morgan fingerprint density at radius 2 is 2.10 bits per heavy atom. The fourth-order valence-corrected chi connectivity index (χ4v) is 4.00. The first kappa shape index (κ1) is 14.3. The molecule has 21 heavy (non-hydrogen) atoms. The molecule has 0 aliphatic rings. The van der Waals surface area contributed by atoms with Crippen LogP contribution in [0.2, 0.25) is 4.34 Å². The summed E-state index contributed by atoms with van der Waals surface area (Å²) in [5.74, 6) is -0.634. The quantitative estimate of drug-likeness (QED) is 0.748. The van der Waals surface area contributed by atoms with Gasteiger partial charge in [0.25, 0.3) is 5.91 Å². The molecule has 0 aliphatic heterocycles. The van der Waals surface area contributed by atoms with E-state index in [1.807, 2.05) is 6.07 Å². The van der Waals surface area contributed by atoms with Crippen molar-refractivity contribution < 1.29 is 9.18 Å². The minimum absolute atomic E-state index is 0.265. The molecule has 0 aliphatic carbocycles. The molecule has 2 heterocycles. The average Bonchev–Trinajstić information content (AvgIpc) is 3.01. The fraction of sp³-hybridized carbons (Fsp3) is 0.0714. The number of nitrogens with two attached hydrogens (primary N) is 1. The van der Waals surface area contributed by atoms with Crippen LogP contribution in [0.3, 0.4) is 0 Å². The van der Waals surface area contributed by atoms with Crippen LogP contribution in [0.15, 0.2) is 30.3 Å². The minimum atomic E-state index is -0.368. The maximum atomic E-state index is 13.2. The number of carbonyl (C=O) groups is 1. The van der Waals surface area contributed by atoms with E-state index in [2.05, 4.69) is 5.32 Å². The molecule has 7 heteroatoms. The van der Waals surface area contributed by atoms with Crippen LogP contribution in [0, 0.1) is 5.82 Å². The molecule has 108 valence electrons. The molecule has 3 nitrogen and oxygen atoms in total. The molecule has 3 N–H and O–H groups in total. The van der Waals surface area contributed by atoms with Crippen molar-refractivity contribution in [2.75, 3.05) is 5.73 Å². The summed E-state index contributed by atoms with van der Waals surface area (Å²) in [5.41, 5.74) is 6.26. The van der Waals surface area contributed by atoms with Gasteiger partial charge in [-0.3, -0.25) is 4.79 Å². The van der Waals surface area contributed by atoms with Crippen LogP contribution < -0.4 is 11.1 Å². The van der Waals surface area contributed by atoms with E-state index >= 15 is 0 Å². The van der Waals surface area contributed by atoms with Crippen molar-refractivity contribution in [2.45, 2.75) is 6.54 Å². The molecule has 0 atom stereocenters. The highest BCUT2D eigenvalue weighted by atomic mass is 35.5. The molecular formula is C14H10ClFN2OS2. The van der Waals surface area contributed by atoms with Gasteiger partial charge in [0.05, 0.1) is 16.6 Å². The van der Waals surface area contributed by atoms with E-state index in [4.69, 9.17) is 17.3 Å².